The molecule has 2 radical (unpaired) electrons. The number of rotatable bonds is 3. The first-order chi connectivity index (χ1) is 11.4. The number of anilines is 1. The second-order valence-electron chi connectivity index (χ2n) is 4.92. The maximum absolute atomic E-state index is 12.6. The Bertz CT molecular complexity index is 873. The SMILES string of the molecule is CC(=O)OCC1[CH][CH]C(n2nnc3c(N)nn(C(N)=O)c3c2=O)O1. The lowest BCUT2D eigenvalue weighted by Gasteiger charge is -2.14. The van der Waals surface area contributed by atoms with Crippen molar-refractivity contribution >= 4 is 28.9 Å². The van der Waals surface area contributed by atoms with Crippen molar-refractivity contribution < 1.29 is 19.1 Å². The molecule has 2 aromatic rings. The summed E-state index contributed by atoms with van der Waals surface area (Å²) in [5.74, 6) is -0.592. The summed E-state index contributed by atoms with van der Waals surface area (Å²) in [5.41, 5.74) is 9.83. The summed E-state index contributed by atoms with van der Waals surface area (Å²) < 4.78 is 11.9. The topological polar surface area (TPSA) is 170 Å². The molecule has 0 aromatic carbocycles. The summed E-state index contributed by atoms with van der Waals surface area (Å²) >= 11 is 0. The standard InChI is InChI=1S/C12H13N7O5/c1-5(20)23-4-6-2-3-7(24-6)18-11(21)9-8(15-17-18)10(13)16-19(9)12(14)22/h2-3,6-7H,4H2,1H3,(H2,13,16)(H2,14,22). The number of hydrogen-bond acceptors (Lipinski definition) is 9. The molecule has 3 rings (SSSR count). The quantitative estimate of drug-likeness (QED) is 0.624. The van der Waals surface area contributed by atoms with Gasteiger partial charge in [-0.25, -0.2) is 4.79 Å². The average Bonchev–Trinajstić information content (AvgIpc) is 3.11. The number of aromatic nitrogens is 5. The third-order valence-corrected chi connectivity index (χ3v) is 3.24. The molecule has 1 amide bonds. The van der Waals surface area contributed by atoms with Gasteiger partial charge in [0.25, 0.3) is 5.56 Å². The van der Waals surface area contributed by atoms with Crippen molar-refractivity contribution in [2.45, 2.75) is 19.3 Å². The van der Waals surface area contributed by atoms with Crippen LogP contribution in [-0.2, 0) is 14.3 Å². The lowest BCUT2D eigenvalue weighted by molar-refractivity contribution is -0.145. The Morgan fingerprint density at radius 2 is 2.17 bits per heavy atom. The van der Waals surface area contributed by atoms with Crippen LogP contribution < -0.4 is 17.0 Å². The van der Waals surface area contributed by atoms with E-state index in [0.717, 1.165) is 4.68 Å². The van der Waals surface area contributed by atoms with E-state index in [-0.39, 0.29) is 23.5 Å². The van der Waals surface area contributed by atoms with Crippen molar-refractivity contribution in [3.63, 3.8) is 0 Å². The van der Waals surface area contributed by atoms with Gasteiger partial charge in [0.1, 0.15) is 6.61 Å². The minimum Gasteiger partial charge on any atom is -0.463 e. The fourth-order valence-corrected chi connectivity index (χ4v) is 2.21. The van der Waals surface area contributed by atoms with E-state index in [1.807, 2.05) is 0 Å². The van der Waals surface area contributed by atoms with Crippen LogP contribution in [0.4, 0.5) is 10.6 Å². The molecule has 12 heteroatoms. The highest BCUT2D eigenvalue weighted by atomic mass is 16.6. The highest BCUT2D eigenvalue weighted by Gasteiger charge is 2.31. The second-order valence-corrected chi connectivity index (χ2v) is 4.92. The molecule has 3 heterocycles. The number of carbonyl (C=O) groups excluding carboxylic acids is 2. The van der Waals surface area contributed by atoms with Crippen LogP contribution in [0, 0.1) is 12.8 Å². The Morgan fingerprint density at radius 1 is 1.42 bits per heavy atom. The molecular formula is C12H13N7O5. The van der Waals surface area contributed by atoms with Crippen molar-refractivity contribution in [2.24, 2.45) is 5.73 Å². The van der Waals surface area contributed by atoms with Gasteiger partial charge in [-0.05, 0) is 0 Å². The van der Waals surface area contributed by atoms with E-state index in [1.54, 1.807) is 12.8 Å². The normalized spacial score (nSPS) is 20.4. The Kier molecular flexibility index (Phi) is 3.89. The molecule has 2 aromatic heterocycles. The highest BCUT2D eigenvalue weighted by Crippen LogP contribution is 2.25. The molecule has 12 nitrogen and oxygen atoms in total. The van der Waals surface area contributed by atoms with Crippen LogP contribution in [0.2, 0.25) is 0 Å². The van der Waals surface area contributed by atoms with E-state index in [4.69, 9.17) is 20.9 Å². The first-order valence-corrected chi connectivity index (χ1v) is 6.79. The Hall–Kier alpha value is -3.02. The number of primary amides is 1. The molecule has 126 valence electrons. The number of nitrogen functional groups attached to an aromatic ring is 1. The average molecular weight is 335 g/mol. The molecule has 0 saturated carbocycles. The molecule has 0 spiro atoms. The summed E-state index contributed by atoms with van der Waals surface area (Å²) in [6, 6.07) is -0.982. The van der Waals surface area contributed by atoms with Crippen LogP contribution in [0.15, 0.2) is 4.79 Å². The maximum Gasteiger partial charge on any atom is 0.340 e. The van der Waals surface area contributed by atoms with Crippen LogP contribution in [-0.4, -0.2) is 49.5 Å². The number of nitrogens with zero attached hydrogens (tertiary/aromatic N) is 5. The van der Waals surface area contributed by atoms with E-state index in [1.165, 1.54) is 6.92 Å². The van der Waals surface area contributed by atoms with E-state index in [2.05, 4.69) is 15.4 Å². The Labute approximate surface area is 134 Å². The van der Waals surface area contributed by atoms with Crippen LogP contribution >= 0.6 is 0 Å². The van der Waals surface area contributed by atoms with Gasteiger partial charge < -0.3 is 20.9 Å². The minimum atomic E-state index is -0.982. The van der Waals surface area contributed by atoms with Gasteiger partial charge in [0, 0.05) is 19.8 Å². The maximum atomic E-state index is 12.6. The predicted molar refractivity (Wildman–Crippen MR) is 78.1 cm³/mol. The first-order valence-electron chi connectivity index (χ1n) is 6.79. The molecule has 4 N–H and O–H groups in total. The van der Waals surface area contributed by atoms with Crippen LogP contribution in [0.3, 0.4) is 0 Å². The molecule has 2 unspecified atom stereocenters. The minimum absolute atomic E-state index is 0.00107. The molecule has 1 aliphatic rings. The summed E-state index contributed by atoms with van der Waals surface area (Å²) in [7, 11) is 0. The summed E-state index contributed by atoms with van der Waals surface area (Å²) in [6.07, 6.45) is 1.75. The van der Waals surface area contributed by atoms with Crippen molar-refractivity contribution in [3.8, 4) is 0 Å². The number of esters is 1. The highest BCUT2D eigenvalue weighted by molar-refractivity contribution is 5.92. The van der Waals surface area contributed by atoms with E-state index in [9.17, 15) is 14.4 Å². The van der Waals surface area contributed by atoms with Crippen molar-refractivity contribution in [1.82, 2.24) is 24.8 Å². The van der Waals surface area contributed by atoms with Crippen LogP contribution in [0.25, 0.3) is 11.0 Å². The van der Waals surface area contributed by atoms with Gasteiger partial charge >= 0.3 is 12.0 Å². The van der Waals surface area contributed by atoms with Crippen molar-refractivity contribution in [3.05, 3.63) is 23.2 Å². The summed E-state index contributed by atoms with van der Waals surface area (Å²) in [4.78, 5) is 34.8. The van der Waals surface area contributed by atoms with Crippen molar-refractivity contribution in [1.29, 1.82) is 0 Å². The second kappa shape index (κ2) is 5.88. The summed E-state index contributed by atoms with van der Waals surface area (Å²) in [6.45, 7) is 1.27. The number of hydrogen-bond donors (Lipinski definition) is 2. The molecule has 1 aliphatic heterocycles. The van der Waals surface area contributed by atoms with E-state index in [0.29, 0.717) is 4.68 Å². The van der Waals surface area contributed by atoms with Crippen molar-refractivity contribution in [2.75, 3.05) is 12.3 Å². The summed E-state index contributed by atoms with van der Waals surface area (Å²) in [5, 5.41) is 11.2. The fourth-order valence-electron chi connectivity index (χ4n) is 2.21. The zero-order valence-corrected chi connectivity index (χ0v) is 12.4. The van der Waals surface area contributed by atoms with Gasteiger partial charge in [-0.3, -0.25) is 9.59 Å². The van der Waals surface area contributed by atoms with Crippen LogP contribution in [0.5, 0.6) is 0 Å². The van der Waals surface area contributed by atoms with Gasteiger partial charge in [-0.15, -0.1) is 10.2 Å². The van der Waals surface area contributed by atoms with E-state index >= 15 is 0 Å². The zero-order valence-electron chi connectivity index (χ0n) is 12.4. The van der Waals surface area contributed by atoms with E-state index < -0.39 is 29.9 Å². The number of amides is 1. The van der Waals surface area contributed by atoms with Gasteiger partial charge in [0.2, 0.25) is 0 Å². The lowest BCUT2D eigenvalue weighted by atomic mass is 10.2. The lowest BCUT2D eigenvalue weighted by Crippen LogP contribution is -2.32. The Morgan fingerprint density at radius 3 is 2.83 bits per heavy atom. The number of carbonyl (C=O) groups is 2. The zero-order chi connectivity index (χ0) is 17.4. The molecule has 1 saturated heterocycles. The largest absolute Gasteiger partial charge is 0.463 e. The number of fused-ring (bicyclic) bond motifs is 1. The first kappa shape index (κ1) is 15.9. The van der Waals surface area contributed by atoms with Gasteiger partial charge in [0.15, 0.2) is 23.1 Å². The third-order valence-electron chi connectivity index (χ3n) is 3.24. The molecule has 24 heavy (non-hydrogen) atoms. The Balaban J connectivity index is 1.93. The van der Waals surface area contributed by atoms with Gasteiger partial charge in [-0.2, -0.15) is 9.36 Å². The molecular weight excluding hydrogens is 322 g/mol. The predicted octanol–water partition coefficient (Wildman–Crippen LogP) is -1.63. The van der Waals surface area contributed by atoms with Crippen LogP contribution in [0.1, 0.15) is 13.2 Å². The van der Waals surface area contributed by atoms with Gasteiger partial charge in [0.05, 0.1) is 6.10 Å². The molecule has 2 atom stereocenters. The molecule has 0 aliphatic carbocycles. The fraction of sp³-hybridized carbons (Fsp3) is 0.333. The monoisotopic (exact) mass is 335 g/mol. The molecule has 1 fully saturated rings. The molecule has 0 bridgehead atoms. The number of ether oxygens (including phenoxy) is 2. The van der Waals surface area contributed by atoms with Gasteiger partial charge in [-0.1, -0.05) is 5.21 Å². The smallest absolute Gasteiger partial charge is 0.340 e. The number of nitrogens with two attached hydrogens (primary N) is 2. The third kappa shape index (κ3) is 2.67.